The molecule has 0 aliphatic heterocycles. The van der Waals surface area contributed by atoms with Crippen LogP contribution in [0.15, 0.2) is 42.5 Å². The Bertz CT molecular complexity index is 1110. The van der Waals surface area contributed by atoms with Crippen molar-refractivity contribution in [1.82, 2.24) is 0 Å². The first kappa shape index (κ1) is 20.4. The van der Waals surface area contributed by atoms with Gasteiger partial charge in [0.2, 0.25) is 10.0 Å². The third-order valence-corrected chi connectivity index (χ3v) is 7.60. The fourth-order valence-electron chi connectivity index (χ4n) is 3.00. The fraction of sp³-hybridized carbons (Fsp3) is 0.250. The number of fused-ring (bicyclic) bond motifs is 1. The molecule has 28 heavy (non-hydrogen) atoms. The Morgan fingerprint density at radius 3 is 2.61 bits per heavy atom. The monoisotopic (exact) mass is 423 g/mol. The van der Waals surface area contributed by atoms with Crippen molar-refractivity contribution in [3.8, 4) is 0 Å². The molecule has 0 atom stereocenters. The van der Waals surface area contributed by atoms with Crippen LogP contribution in [0.5, 0.6) is 0 Å². The van der Waals surface area contributed by atoms with E-state index in [1.54, 1.807) is 0 Å². The van der Waals surface area contributed by atoms with Crippen LogP contribution in [-0.2, 0) is 28.0 Å². The second kappa shape index (κ2) is 8.36. The SMILES string of the molecule is Cc1c(N(Cc2ccc(F)c(CF)c2)S(=O)(=O)CCC=O)sc2ccccc12. The zero-order valence-corrected chi connectivity index (χ0v) is 16.8. The molecule has 0 spiro atoms. The lowest BCUT2D eigenvalue weighted by molar-refractivity contribution is -0.107. The van der Waals surface area contributed by atoms with Crippen molar-refractivity contribution in [1.29, 1.82) is 0 Å². The molecule has 148 valence electrons. The van der Waals surface area contributed by atoms with Gasteiger partial charge in [-0.2, -0.15) is 0 Å². The van der Waals surface area contributed by atoms with Gasteiger partial charge in [0.15, 0.2) is 0 Å². The molecule has 0 fully saturated rings. The predicted octanol–water partition coefficient (Wildman–Crippen LogP) is 4.74. The lowest BCUT2D eigenvalue weighted by Gasteiger charge is -2.24. The zero-order valence-electron chi connectivity index (χ0n) is 15.2. The largest absolute Gasteiger partial charge is 0.303 e. The second-order valence-corrected chi connectivity index (χ2v) is 9.41. The first-order valence-electron chi connectivity index (χ1n) is 8.63. The summed E-state index contributed by atoms with van der Waals surface area (Å²) in [5.74, 6) is -0.999. The standard InChI is InChI=1S/C20H19F2NO3S2/c1-14-17-5-2-3-6-19(17)27-20(14)23(28(25,26)10-4-9-24)13-15-7-8-18(22)16(11-15)12-21/h2-3,5-9,11H,4,10,12-13H2,1H3. The average Bonchev–Trinajstić information content (AvgIpc) is 3.02. The molecule has 1 heterocycles. The van der Waals surface area contributed by atoms with Crippen LogP contribution in [0.1, 0.15) is 23.1 Å². The number of sulfonamides is 1. The van der Waals surface area contributed by atoms with Gasteiger partial charge in [-0.15, -0.1) is 11.3 Å². The average molecular weight is 424 g/mol. The molecule has 2 aromatic carbocycles. The van der Waals surface area contributed by atoms with Crippen LogP contribution in [0, 0.1) is 12.7 Å². The highest BCUT2D eigenvalue weighted by Crippen LogP contribution is 2.39. The van der Waals surface area contributed by atoms with Crippen molar-refractivity contribution < 1.29 is 22.0 Å². The van der Waals surface area contributed by atoms with Gasteiger partial charge in [0.1, 0.15) is 23.8 Å². The molecular weight excluding hydrogens is 404 g/mol. The van der Waals surface area contributed by atoms with Crippen molar-refractivity contribution in [2.75, 3.05) is 10.1 Å². The van der Waals surface area contributed by atoms with Crippen LogP contribution in [0.4, 0.5) is 13.8 Å². The minimum Gasteiger partial charge on any atom is -0.303 e. The van der Waals surface area contributed by atoms with Crippen LogP contribution >= 0.6 is 11.3 Å². The van der Waals surface area contributed by atoms with E-state index in [0.717, 1.165) is 21.7 Å². The summed E-state index contributed by atoms with van der Waals surface area (Å²) < 4.78 is 54.8. The zero-order chi connectivity index (χ0) is 20.3. The number of hydrogen-bond donors (Lipinski definition) is 0. The number of aldehydes is 1. The Morgan fingerprint density at radius 1 is 1.18 bits per heavy atom. The molecule has 0 unspecified atom stereocenters. The third-order valence-electron chi connectivity index (χ3n) is 4.45. The van der Waals surface area contributed by atoms with Crippen LogP contribution in [-0.4, -0.2) is 20.5 Å². The minimum atomic E-state index is -3.81. The number of carbonyl (C=O) groups is 1. The molecule has 8 heteroatoms. The third kappa shape index (κ3) is 4.07. The summed E-state index contributed by atoms with van der Waals surface area (Å²) >= 11 is 1.33. The first-order valence-corrected chi connectivity index (χ1v) is 11.1. The molecule has 0 radical (unpaired) electrons. The van der Waals surface area contributed by atoms with Gasteiger partial charge in [-0.05, 0) is 41.6 Å². The lowest BCUT2D eigenvalue weighted by Crippen LogP contribution is -2.32. The molecule has 0 saturated heterocycles. The number of rotatable bonds is 8. The number of alkyl halides is 1. The van der Waals surface area contributed by atoms with Crippen LogP contribution in [0.25, 0.3) is 10.1 Å². The smallest absolute Gasteiger partial charge is 0.236 e. The van der Waals surface area contributed by atoms with E-state index in [-0.39, 0.29) is 24.3 Å². The minimum absolute atomic E-state index is 0.0673. The maximum absolute atomic E-state index is 13.6. The number of aryl methyl sites for hydroxylation is 1. The molecule has 1 aromatic heterocycles. The topological polar surface area (TPSA) is 54.5 Å². The summed E-state index contributed by atoms with van der Waals surface area (Å²) in [6.45, 7) is 0.801. The van der Waals surface area contributed by atoms with Crippen LogP contribution in [0.2, 0.25) is 0 Å². The number of halogens is 2. The fourth-order valence-corrected chi connectivity index (χ4v) is 5.92. The van der Waals surface area contributed by atoms with E-state index >= 15 is 0 Å². The van der Waals surface area contributed by atoms with Crippen LogP contribution in [0.3, 0.4) is 0 Å². The first-order chi connectivity index (χ1) is 13.4. The van der Waals surface area contributed by atoms with Crippen molar-refractivity contribution in [3.63, 3.8) is 0 Å². The Kier molecular flexibility index (Phi) is 6.10. The number of thiophene rings is 1. The summed E-state index contributed by atoms with van der Waals surface area (Å²) in [5, 5.41) is 1.49. The molecule has 0 amide bonds. The molecule has 0 aliphatic rings. The molecular formula is C20H19F2NO3S2. The van der Waals surface area contributed by atoms with Gasteiger partial charge < -0.3 is 4.79 Å². The van der Waals surface area contributed by atoms with Crippen LogP contribution < -0.4 is 4.31 Å². The van der Waals surface area contributed by atoms with E-state index in [4.69, 9.17) is 0 Å². The van der Waals surface area contributed by atoms with Gasteiger partial charge in [0.25, 0.3) is 0 Å². The Labute approximate surface area is 166 Å². The summed E-state index contributed by atoms with van der Waals surface area (Å²) in [6, 6.07) is 11.5. The van der Waals surface area contributed by atoms with E-state index in [1.807, 2.05) is 31.2 Å². The Hall–Kier alpha value is -2.32. The highest BCUT2D eigenvalue weighted by molar-refractivity contribution is 7.93. The van der Waals surface area contributed by atoms with E-state index in [2.05, 4.69) is 0 Å². The molecule has 0 bridgehead atoms. The second-order valence-electron chi connectivity index (χ2n) is 6.37. The summed E-state index contributed by atoms with van der Waals surface area (Å²) in [6.07, 6.45) is 0.439. The van der Waals surface area contributed by atoms with E-state index in [1.165, 1.54) is 27.8 Å². The molecule has 4 nitrogen and oxygen atoms in total. The maximum Gasteiger partial charge on any atom is 0.236 e. The van der Waals surface area contributed by atoms with Crippen molar-refractivity contribution >= 4 is 42.7 Å². The van der Waals surface area contributed by atoms with E-state index in [0.29, 0.717) is 16.9 Å². The number of benzene rings is 2. The Morgan fingerprint density at radius 2 is 1.93 bits per heavy atom. The number of anilines is 1. The number of carbonyl (C=O) groups excluding carboxylic acids is 1. The van der Waals surface area contributed by atoms with Gasteiger partial charge in [-0.1, -0.05) is 24.3 Å². The number of nitrogens with zero attached hydrogens (tertiary/aromatic N) is 1. The molecule has 0 N–H and O–H groups in total. The van der Waals surface area contributed by atoms with Gasteiger partial charge in [0, 0.05) is 16.7 Å². The summed E-state index contributed by atoms with van der Waals surface area (Å²) in [5.41, 5.74) is 1.17. The van der Waals surface area contributed by atoms with Gasteiger partial charge in [0.05, 0.1) is 12.3 Å². The van der Waals surface area contributed by atoms with Gasteiger partial charge >= 0.3 is 0 Å². The maximum atomic E-state index is 13.6. The summed E-state index contributed by atoms with van der Waals surface area (Å²) in [7, 11) is -3.81. The quantitative estimate of drug-likeness (QED) is 0.492. The Balaban J connectivity index is 2.09. The molecule has 3 aromatic rings. The highest BCUT2D eigenvalue weighted by atomic mass is 32.2. The normalized spacial score (nSPS) is 11.7. The predicted molar refractivity (Wildman–Crippen MR) is 108 cm³/mol. The lowest BCUT2D eigenvalue weighted by atomic mass is 10.1. The number of hydrogen-bond acceptors (Lipinski definition) is 4. The van der Waals surface area contributed by atoms with Gasteiger partial charge in [-0.25, -0.2) is 17.2 Å². The molecule has 3 rings (SSSR count). The summed E-state index contributed by atoms with van der Waals surface area (Å²) in [4.78, 5) is 10.7. The van der Waals surface area contributed by atoms with E-state index < -0.39 is 22.5 Å². The molecule has 0 aliphatic carbocycles. The van der Waals surface area contributed by atoms with E-state index in [9.17, 15) is 22.0 Å². The van der Waals surface area contributed by atoms with Crippen molar-refractivity contribution in [2.24, 2.45) is 0 Å². The van der Waals surface area contributed by atoms with Crippen molar-refractivity contribution in [3.05, 3.63) is 65.0 Å². The van der Waals surface area contributed by atoms with Gasteiger partial charge in [-0.3, -0.25) is 4.31 Å². The highest BCUT2D eigenvalue weighted by Gasteiger charge is 2.26. The van der Waals surface area contributed by atoms with Crippen molar-refractivity contribution in [2.45, 2.75) is 26.6 Å². The molecule has 0 saturated carbocycles.